The molecule has 0 saturated carbocycles. The normalized spacial score (nSPS) is 18.1. The fraction of sp³-hybridized carbons (Fsp3) is 0.139. The van der Waals surface area contributed by atoms with Crippen molar-refractivity contribution < 1.29 is 9.15 Å². The van der Waals surface area contributed by atoms with E-state index in [2.05, 4.69) is 278 Å². The van der Waals surface area contributed by atoms with E-state index in [1.807, 2.05) is 18.2 Å². The molecule has 2 heteroatoms. The SMILES string of the molecule is C=C1c2c(C)cccc2C2(c3ccc4ccccc4c3Oc3c2ccc2ccccc32)C1C=C/C=C\C.C=CCC1=C(/C=C\C)C(C2=CC=CC=CC2)(c2ccccc2)c2cc(C)ccc21.CC1=c2c(oc3ccccc23)=CCC=C1. The van der Waals surface area contributed by atoms with Gasteiger partial charge in [0.15, 0.2) is 0 Å². The van der Waals surface area contributed by atoms with Crippen LogP contribution in [0.25, 0.3) is 55.3 Å². The summed E-state index contributed by atoms with van der Waals surface area (Å²) in [5.41, 5.74) is 19.5. The number of ether oxygens (including phenoxy) is 1. The van der Waals surface area contributed by atoms with Gasteiger partial charge in [0.05, 0.1) is 10.8 Å². The number of hydrogen-bond acceptors (Lipinski definition) is 2. The van der Waals surface area contributed by atoms with Crippen molar-refractivity contribution in [1.29, 1.82) is 0 Å². The molecule has 396 valence electrons. The second kappa shape index (κ2) is 22.1. The van der Waals surface area contributed by atoms with Crippen LogP contribution in [0.3, 0.4) is 0 Å². The number of allylic oxidation sites excluding steroid dienone is 18. The summed E-state index contributed by atoms with van der Waals surface area (Å²) in [4.78, 5) is 0. The van der Waals surface area contributed by atoms with Gasteiger partial charge in [0, 0.05) is 38.4 Å². The zero-order chi connectivity index (χ0) is 55.7. The summed E-state index contributed by atoms with van der Waals surface area (Å²) >= 11 is 0. The molecule has 0 radical (unpaired) electrons. The van der Waals surface area contributed by atoms with E-state index >= 15 is 0 Å². The highest BCUT2D eigenvalue weighted by atomic mass is 16.5. The topological polar surface area (TPSA) is 22.4 Å². The average Bonchev–Trinajstić information content (AvgIpc) is 2.16. The van der Waals surface area contributed by atoms with Gasteiger partial charge in [-0.3, -0.25) is 0 Å². The van der Waals surface area contributed by atoms with Crippen molar-refractivity contribution >= 4 is 55.3 Å². The summed E-state index contributed by atoms with van der Waals surface area (Å²) in [7, 11) is 0. The molecule has 81 heavy (non-hydrogen) atoms. The molecule has 0 bridgehead atoms. The van der Waals surface area contributed by atoms with Crippen LogP contribution in [0, 0.1) is 19.8 Å². The average molecular weight is 1050 g/mol. The molecule has 1 aromatic heterocycles. The molecule has 5 aliphatic rings. The van der Waals surface area contributed by atoms with Crippen molar-refractivity contribution in [3.8, 4) is 11.5 Å². The summed E-state index contributed by atoms with van der Waals surface area (Å²) in [5, 5.41) is 7.11. The molecule has 14 rings (SSSR count). The molecule has 4 aliphatic carbocycles. The van der Waals surface area contributed by atoms with Crippen LogP contribution in [0.2, 0.25) is 0 Å². The number of furan rings is 1. The lowest BCUT2D eigenvalue weighted by Gasteiger charge is -2.42. The maximum atomic E-state index is 6.98. The van der Waals surface area contributed by atoms with E-state index in [1.54, 1.807) is 0 Å². The molecule has 0 saturated heterocycles. The Kier molecular flexibility index (Phi) is 14.3. The van der Waals surface area contributed by atoms with Crippen LogP contribution in [0.5, 0.6) is 11.5 Å². The Morgan fingerprint density at radius 2 is 1.35 bits per heavy atom. The maximum Gasteiger partial charge on any atom is 0.139 e. The summed E-state index contributed by atoms with van der Waals surface area (Å²) in [6.45, 7) is 19.5. The predicted molar refractivity (Wildman–Crippen MR) is 344 cm³/mol. The third-order valence-electron chi connectivity index (χ3n) is 17.1. The van der Waals surface area contributed by atoms with E-state index in [9.17, 15) is 0 Å². The van der Waals surface area contributed by atoms with E-state index in [1.165, 1.54) is 93.7 Å². The molecule has 2 atom stereocenters. The molecule has 0 fully saturated rings. The molecule has 8 aromatic carbocycles. The quantitative estimate of drug-likeness (QED) is 0.117. The van der Waals surface area contributed by atoms with Crippen molar-refractivity contribution in [1.82, 2.24) is 0 Å². The minimum absolute atomic E-state index is 0.0449. The van der Waals surface area contributed by atoms with Crippen molar-refractivity contribution in [2.75, 3.05) is 0 Å². The van der Waals surface area contributed by atoms with Crippen molar-refractivity contribution in [3.63, 3.8) is 0 Å². The standard InChI is InChI=1S/C36H28O.C29H28.C14H12O/c1-4-5-6-17-29-24(3)33-23(2)12-11-18-30(33)36(29)31-21-19-25-13-7-9-15-27(25)34(31)37-35-28-16-10-8-14-26(28)20-22-32(35)36;1-4-13-25-26-20-19-22(3)21-28(26)29(27(25)14-5-2,24-17-11-8-12-18-24)23-15-9-6-7-10-16-23;1-10-6-2-4-9-13-14(10)11-7-3-5-8-12(11)15-13/h4-22,29H,3H2,1-2H3;4-12,14-15,17-21H,1,13,16H2,2-3H3;2-3,5-9H,4H2,1H3/b5-4-,17-6?;14-5-;. The lowest BCUT2D eigenvalue weighted by Crippen LogP contribution is -2.36. The Balaban J connectivity index is 0.000000131. The number of hydrogen-bond donors (Lipinski definition) is 0. The van der Waals surface area contributed by atoms with Crippen LogP contribution in [0.1, 0.15) is 90.1 Å². The maximum absolute atomic E-state index is 6.98. The van der Waals surface area contributed by atoms with Gasteiger partial charge < -0.3 is 9.15 Å². The van der Waals surface area contributed by atoms with Gasteiger partial charge >= 0.3 is 0 Å². The molecule has 2 nitrogen and oxygen atoms in total. The van der Waals surface area contributed by atoms with Crippen LogP contribution >= 0.6 is 0 Å². The minimum Gasteiger partial charge on any atom is -0.456 e. The Hall–Kier alpha value is -9.24. The molecule has 0 amide bonds. The molecular formula is C79H68O2. The van der Waals surface area contributed by atoms with Crippen LogP contribution < -0.4 is 15.4 Å². The Labute approximate surface area is 477 Å². The first-order valence-electron chi connectivity index (χ1n) is 28.6. The fourth-order valence-electron chi connectivity index (χ4n) is 13.8. The molecule has 9 aromatic rings. The first-order chi connectivity index (χ1) is 39.7. The van der Waals surface area contributed by atoms with Crippen LogP contribution in [0.15, 0.2) is 278 Å². The lowest BCUT2D eigenvalue weighted by molar-refractivity contribution is 0.413. The Morgan fingerprint density at radius 3 is 2.06 bits per heavy atom. The molecule has 0 N–H and O–H groups in total. The highest BCUT2D eigenvalue weighted by Gasteiger charge is 2.55. The first kappa shape index (κ1) is 52.5. The third-order valence-corrected chi connectivity index (χ3v) is 17.1. The molecule has 1 spiro atoms. The van der Waals surface area contributed by atoms with Crippen LogP contribution in [-0.4, -0.2) is 0 Å². The smallest absolute Gasteiger partial charge is 0.139 e. The summed E-state index contributed by atoms with van der Waals surface area (Å²) < 4.78 is 12.8. The van der Waals surface area contributed by atoms with E-state index in [0.29, 0.717) is 0 Å². The van der Waals surface area contributed by atoms with Gasteiger partial charge in [-0.2, -0.15) is 0 Å². The molecule has 2 heterocycles. The summed E-state index contributed by atoms with van der Waals surface area (Å²) in [6, 6.07) is 59.0. The van der Waals surface area contributed by atoms with Gasteiger partial charge in [-0.15, -0.1) is 6.58 Å². The Bertz CT molecular complexity index is 4300. The number of para-hydroxylation sites is 1. The monoisotopic (exact) mass is 1050 g/mol. The largest absolute Gasteiger partial charge is 0.456 e. The van der Waals surface area contributed by atoms with Gasteiger partial charge in [-0.05, 0) is 138 Å². The Morgan fingerprint density at radius 1 is 0.642 bits per heavy atom. The second-order valence-electron chi connectivity index (χ2n) is 21.8. The number of aryl methyl sites for hydroxylation is 2. The van der Waals surface area contributed by atoms with Crippen LogP contribution in [0.4, 0.5) is 0 Å². The van der Waals surface area contributed by atoms with Crippen molar-refractivity contribution in [3.05, 3.63) is 334 Å². The van der Waals surface area contributed by atoms with Gasteiger partial charge in [-0.25, -0.2) is 0 Å². The van der Waals surface area contributed by atoms with E-state index in [4.69, 9.17) is 15.7 Å². The number of benzene rings is 8. The van der Waals surface area contributed by atoms with Crippen molar-refractivity contribution in [2.24, 2.45) is 5.92 Å². The molecular weight excluding hydrogens is 981 g/mol. The number of fused-ring (bicyclic) bond motifs is 14. The van der Waals surface area contributed by atoms with Gasteiger partial charge in [-0.1, -0.05) is 255 Å². The fourth-order valence-corrected chi connectivity index (χ4v) is 13.8. The second-order valence-corrected chi connectivity index (χ2v) is 21.8. The van der Waals surface area contributed by atoms with Crippen LogP contribution in [-0.2, 0) is 10.8 Å². The van der Waals surface area contributed by atoms with Gasteiger partial charge in [0.1, 0.15) is 22.5 Å². The number of rotatable bonds is 7. The van der Waals surface area contributed by atoms with Gasteiger partial charge in [0.2, 0.25) is 0 Å². The van der Waals surface area contributed by atoms with E-state index in [-0.39, 0.29) is 11.3 Å². The highest BCUT2D eigenvalue weighted by molar-refractivity contribution is 5.99. The first-order valence-corrected chi connectivity index (χ1v) is 28.6. The summed E-state index contributed by atoms with van der Waals surface area (Å²) in [5.74, 6) is 1.95. The lowest BCUT2D eigenvalue weighted by atomic mass is 9.62. The molecule has 2 unspecified atom stereocenters. The van der Waals surface area contributed by atoms with Gasteiger partial charge in [0.25, 0.3) is 0 Å². The zero-order valence-corrected chi connectivity index (χ0v) is 47.2. The predicted octanol–water partition coefficient (Wildman–Crippen LogP) is 19.5. The zero-order valence-electron chi connectivity index (χ0n) is 47.2. The van der Waals surface area contributed by atoms with E-state index in [0.717, 1.165) is 58.1 Å². The minimum atomic E-state index is -0.451. The third kappa shape index (κ3) is 8.73. The summed E-state index contributed by atoms with van der Waals surface area (Å²) in [6.07, 6.45) is 35.5. The molecule has 1 aliphatic heterocycles. The van der Waals surface area contributed by atoms with Crippen molar-refractivity contribution in [2.45, 2.75) is 64.7 Å². The highest BCUT2D eigenvalue weighted by Crippen LogP contribution is 2.65. The van der Waals surface area contributed by atoms with E-state index < -0.39 is 5.41 Å².